The molecule has 0 aliphatic rings. The van der Waals surface area contributed by atoms with Crippen molar-refractivity contribution in [1.29, 1.82) is 0 Å². The standard InChI is InChI=1S/C12H18N2O3S/c1-10(12(15)13-2)9-14(3)18(16,17)11-7-5-4-6-8-11/h4-8,10H,9H2,1-3H3,(H,13,15). The summed E-state index contributed by atoms with van der Waals surface area (Å²) in [7, 11) is -0.516. The van der Waals surface area contributed by atoms with Crippen LogP contribution < -0.4 is 5.32 Å². The molecule has 0 spiro atoms. The molecule has 0 aliphatic carbocycles. The third kappa shape index (κ3) is 3.30. The fourth-order valence-corrected chi connectivity index (χ4v) is 2.87. The van der Waals surface area contributed by atoms with Crippen LogP contribution >= 0.6 is 0 Å². The number of benzene rings is 1. The number of amides is 1. The van der Waals surface area contributed by atoms with E-state index < -0.39 is 15.9 Å². The maximum atomic E-state index is 12.2. The first kappa shape index (κ1) is 14.7. The predicted molar refractivity (Wildman–Crippen MR) is 69.5 cm³/mol. The van der Waals surface area contributed by atoms with Gasteiger partial charge in [-0.3, -0.25) is 4.79 Å². The Hall–Kier alpha value is -1.40. The van der Waals surface area contributed by atoms with Crippen molar-refractivity contribution < 1.29 is 13.2 Å². The first-order valence-corrected chi connectivity index (χ1v) is 7.06. The molecule has 6 heteroatoms. The third-order valence-corrected chi connectivity index (χ3v) is 4.51. The number of nitrogens with zero attached hydrogens (tertiary/aromatic N) is 1. The third-order valence-electron chi connectivity index (χ3n) is 2.68. The molecule has 1 N–H and O–H groups in total. The quantitative estimate of drug-likeness (QED) is 0.856. The molecule has 1 aromatic rings. The van der Waals surface area contributed by atoms with Gasteiger partial charge in [0.1, 0.15) is 0 Å². The van der Waals surface area contributed by atoms with E-state index in [-0.39, 0.29) is 17.3 Å². The van der Waals surface area contributed by atoms with Gasteiger partial charge in [0.25, 0.3) is 0 Å². The fraction of sp³-hybridized carbons (Fsp3) is 0.417. The number of nitrogens with one attached hydrogen (secondary N) is 1. The topological polar surface area (TPSA) is 66.5 Å². The van der Waals surface area contributed by atoms with Crippen molar-refractivity contribution in [3.05, 3.63) is 30.3 Å². The smallest absolute Gasteiger partial charge is 0.242 e. The first-order valence-electron chi connectivity index (χ1n) is 5.62. The van der Waals surface area contributed by atoms with Crippen LogP contribution in [0.2, 0.25) is 0 Å². The summed E-state index contributed by atoms with van der Waals surface area (Å²) in [5.41, 5.74) is 0. The predicted octanol–water partition coefficient (Wildman–Crippen LogP) is 0.689. The van der Waals surface area contributed by atoms with Crippen LogP contribution in [0.3, 0.4) is 0 Å². The number of carbonyl (C=O) groups excluding carboxylic acids is 1. The summed E-state index contributed by atoms with van der Waals surface area (Å²) >= 11 is 0. The molecule has 0 saturated carbocycles. The molecule has 1 atom stereocenters. The van der Waals surface area contributed by atoms with E-state index in [2.05, 4.69) is 5.32 Å². The Kier molecular flexibility index (Phi) is 4.86. The van der Waals surface area contributed by atoms with Gasteiger partial charge in [-0.05, 0) is 12.1 Å². The van der Waals surface area contributed by atoms with Crippen LogP contribution in [0, 0.1) is 5.92 Å². The maximum absolute atomic E-state index is 12.2. The molecule has 5 nitrogen and oxygen atoms in total. The molecule has 0 saturated heterocycles. The number of hydrogen-bond donors (Lipinski definition) is 1. The van der Waals surface area contributed by atoms with Gasteiger partial charge in [0, 0.05) is 26.6 Å². The van der Waals surface area contributed by atoms with Crippen molar-refractivity contribution in [2.24, 2.45) is 5.92 Å². The van der Waals surface area contributed by atoms with Gasteiger partial charge in [-0.25, -0.2) is 12.7 Å². The molecule has 1 unspecified atom stereocenters. The van der Waals surface area contributed by atoms with Gasteiger partial charge in [-0.15, -0.1) is 0 Å². The van der Waals surface area contributed by atoms with E-state index in [1.54, 1.807) is 25.1 Å². The molecule has 1 rings (SSSR count). The van der Waals surface area contributed by atoms with Gasteiger partial charge in [0.2, 0.25) is 15.9 Å². The Morgan fingerprint density at radius 2 is 1.89 bits per heavy atom. The second-order valence-corrected chi connectivity index (χ2v) is 6.16. The summed E-state index contributed by atoms with van der Waals surface area (Å²) in [6.07, 6.45) is 0. The lowest BCUT2D eigenvalue weighted by Crippen LogP contribution is -2.37. The molecule has 100 valence electrons. The maximum Gasteiger partial charge on any atom is 0.242 e. The highest BCUT2D eigenvalue weighted by atomic mass is 32.2. The lowest BCUT2D eigenvalue weighted by atomic mass is 10.2. The van der Waals surface area contributed by atoms with Crippen molar-refractivity contribution in [3.63, 3.8) is 0 Å². The van der Waals surface area contributed by atoms with Crippen LogP contribution in [-0.4, -0.2) is 39.3 Å². The van der Waals surface area contributed by atoms with Gasteiger partial charge >= 0.3 is 0 Å². The van der Waals surface area contributed by atoms with Crippen LogP contribution in [0.1, 0.15) is 6.92 Å². The number of rotatable bonds is 5. The van der Waals surface area contributed by atoms with Crippen molar-refractivity contribution in [3.8, 4) is 0 Å². The fourth-order valence-electron chi connectivity index (χ4n) is 1.59. The Morgan fingerprint density at radius 1 is 1.33 bits per heavy atom. The van der Waals surface area contributed by atoms with Gasteiger partial charge in [-0.2, -0.15) is 0 Å². The largest absolute Gasteiger partial charge is 0.359 e. The zero-order valence-corrected chi connectivity index (χ0v) is 11.6. The van der Waals surface area contributed by atoms with Crippen molar-refractivity contribution in [2.45, 2.75) is 11.8 Å². The highest BCUT2D eigenvalue weighted by Crippen LogP contribution is 2.14. The summed E-state index contributed by atoms with van der Waals surface area (Å²) in [5, 5.41) is 2.50. The summed E-state index contributed by atoms with van der Waals surface area (Å²) in [6.45, 7) is 1.84. The van der Waals surface area contributed by atoms with E-state index in [1.165, 1.54) is 30.5 Å². The zero-order valence-electron chi connectivity index (χ0n) is 10.8. The lowest BCUT2D eigenvalue weighted by Gasteiger charge is -2.20. The molecule has 0 aliphatic heterocycles. The van der Waals surface area contributed by atoms with Crippen LogP contribution in [0.15, 0.2) is 35.2 Å². The van der Waals surface area contributed by atoms with Crippen molar-refractivity contribution in [1.82, 2.24) is 9.62 Å². The highest BCUT2D eigenvalue weighted by molar-refractivity contribution is 7.89. The summed E-state index contributed by atoms with van der Waals surface area (Å²) in [6, 6.07) is 8.17. The molecule has 0 heterocycles. The Bertz CT molecular complexity index is 499. The van der Waals surface area contributed by atoms with Crippen LogP contribution in [0.25, 0.3) is 0 Å². The number of carbonyl (C=O) groups is 1. The van der Waals surface area contributed by atoms with E-state index in [0.29, 0.717) is 0 Å². The number of hydrogen-bond acceptors (Lipinski definition) is 3. The summed E-state index contributed by atoms with van der Waals surface area (Å²) in [5.74, 6) is -0.566. The van der Waals surface area contributed by atoms with Crippen LogP contribution in [0.5, 0.6) is 0 Å². The molecule has 0 fully saturated rings. The minimum Gasteiger partial charge on any atom is -0.359 e. The molecule has 1 amide bonds. The Labute approximate surface area is 108 Å². The molecule has 0 bridgehead atoms. The monoisotopic (exact) mass is 270 g/mol. The molecular weight excluding hydrogens is 252 g/mol. The Morgan fingerprint density at radius 3 is 2.39 bits per heavy atom. The molecule has 1 aromatic carbocycles. The normalized spacial score (nSPS) is 13.3. The van der Waals surface area contributed by atoms with Gasteiger partial charge in [-0.1, -0.05) is 25.1 Å². The van der Waals surface area contributed by atoms with E-state index in [1.807, 2.05) is 0 Å². The van der Waals surface area contributed by atoms with Crippen molar-refractivity contribution in [2.75, 3.05) is 20.6 Å². The van der Waals surface area contributed by atoms with E-state index >= 15 is 0 Å². The molecule has 0 radical (unpaired) electrons. The SMILES string of the molecule is CNC(=O)C(C)CN(C)S(=O)(=O)c1ccccc1. The van der Waals surface area contributed by atoms with E-state index in [9.17, 15) is 13.2 Å². The average Bonchev–Trinajstić information content (AvgIpc) is 2.38. The first-order chi connectivity index (χ1) is 8.39. The van der Waals surface area contributed by atoms with Gasteiger partial charge < -0.3 is 5.32 Å². The average molecular weight is 270 g/mol. The van der Waals surface area contributed by atoms with E-state index in [4.69, 9.17) is 0 Å². The Balaban J connectivity index is 2.84. The van der Waals surface area contributed by atoms with Gasteiger partial charge in [0.15, 0.2) is 0 Å². The second-order valence-electron chi connectivity index (χ2n) is 4.11. The summed E-state index contributed by atoms with van der Waals surface area (Å²) < 4.78 is 25.5. The molecular formula is C12H18N2O3S. The minimum atomic E-state index is -3.52. The van der Waals surface area contributed by atoms with Crippen molar-refractivity contribution >= 4 is 15.9 Å². The zero-order chi connectivity index (χ0) is 13.8. The highest BCUT2D eigenvalue weighted by Gasteiger charge is 2.24. The second kappa shape index (κ2) is 5.97. The summed E-state index contributed by atoms with van der Waals surface area (Å²) in [4.78, 5) is 11.6. The van der Waals surface area contributed by atoms with E-state index in [0.717, 1.165) is 0 Å². The van der Waals surface area contributed by atoms with Crippen LogP contribution in [-0.2, 0) is 14.8 Å². The molecule has 18 heavy (non-hydrogen) atoms. The van der Waals surface area contributed by atoms with Gasteiger partial charge in [0.05, 0.1) is 4.90 Å². The lowest BCUT2D eigenvalue weighted by molar-refractivity contribution is -0.124. The minimum absolute atomic E-state index is 0.150. The van der Waals surface area contributed by atoms with Crippen LogP contribution in [0.4, 0.5) is 0 Å². The molecule has 0 aromatic heterocycles. The number of sulfonamides is 1.